The molecule has 0 aliphatic carbocycles. The number of carbonyl (C=O) groups excluding carboxylic acids is 3. The van der Waals surface area contributed by atoms with Crippen molar-refractivity contribution in [3.05, 3.63) is 29.8 Å². The van der Waals surface area contributed by atoms with Crippen molar-refractivity contribution >= 4 is 23.3 Å². The third-order valence-corrected chi connectivity index (χ3v) is 3.10. The van der Waals surface area contributed by atoms with Crippen LogP contribution in [0, 0.1) is 0 Å². The van der Waals surface area contributed by atoms with Gasteiger partial charge in [0.05, 0.1) is 0 Å². The lowest BCUT2D eigenvalue weighted by molar-refractivity contribution is -0.121. The second-order valence-electron chi connectivity index (χ2n) is 4.87. The van der Waals surface area contributed by atoms with Crippen LogP contribution < -0.4 is 10.2 Å². The van der Waals surface area contributed by atoms with Gasteiger partial charge in [-0.3, -0.25) is 14.4 Å². The zero-order chi connectivity index (χ0) is 15.8. The Morgan fingerprint density at radius 2 is 1.71 bits per heavy atom. The van der Waals surface area contributed by atoms with E-state index < -0.39 is 0 Å². The Kier molecular flexibility index (Phi) is 6.59. The predicted octanol–water partition coefficient (Wildman–Crippen LogP) is 2.16. The first-order valence-corrected chi connectivity index (χ1v) is 7.11. The van der Waals surface area contributed by atoms with E-state index in [-0.39, 0.29) is 17.6 Å². The summed E-state index contributed by atoms with van der Waals surface area (Å²) in [5.74, 6) is -0.119. The van der Waals surface area contributed by atoms with E-state index in [0.717, 1.165) is 12.1 Å². The molecular weight excluding hydrogens is 268 g/mol. The average molecular weight is 290 g/mol. The van der Waals surface area contributed by atoms with Crippen LogP contribution in [-0.2, 0) is 9.59 Å². The molecule has 114 valence electrons. The number of hydrogen-bond acceptors (Lipinski definition) is 3. The van der Waals surface area contributed by atoms with Crippen molar-refractivity contribution in [1.29, 1.82) is 0 Å². The van der Waals surface area contributed by atoms with E-state index in [9.17, 15) is 14.4 Å². The second-order valence-corrected chi connectivity index (χ2v) is 4.87. The van der Waals surface area contributed by atoms with Gasteiger partial charge in [0.25, 0.3) is 0 Å². The van der Waals surface area contributed by atoms with Gasteiger partial charge in [0.2, 0.25) is 11.8 Å². The molecule has 1 aromatic carbocycles. The Hall–Kier alpha value is -2.17. The second kappa shape index (κ2) is 8.19. The van der Waals surface area contributed by atoms with Crippen LogP contribution in [0.4, 0.5) is 5.69 Å². The lowest BCUT2D eigenvalue weighted by Gasteiger charge is -2.21. The molecule has 0 saturated carbocycles. The van der Waals surface area contributed by atoms with Crippen molar-refractivity contribution in [1.82, 2.24) is 5.32 Å². The zero-order valence-corrected chi connectivity index (χ0v) is 12.8. The summed E-state index contributed by atoms with van der Waals surface area (Å²) in [6.45, 7) is 5.74. The maximum Gasteiger partial charge on any atom is 0.223 e. The van der Waals surface area contributed by atoms with E-state index in [4.69, 9.17) is 0 Å². The number of amides is 2. The summed E-state index contributed by atoms with van der Waals surface area (Å²) in [5.41, 5.74) is 1.33. The summed E-state index contributed by atoms with van der Waals surface area (Å²) < 4.78 is 0. The van der Waals surface area contributed by atoms with Gasteiger partial charge in [-0.05, 0) is 37.6 Å². The van der Waals surface area contributed by atoms with E-state index in [1.165, 1.54) is 13.8 Å². The maximum absolute atomic E-state index is 11.7. The van der Waals surface area contributed by atoms with Gasteiger partial charge in [0, 0.05) is 37.7 Å². The third-order valence-electron chi connectivity index (χ3n) is 3.10. The van der Waals surface area contributed by atoms with Crippen LogP contribution in [0.2, 0.25) is 0 Å². The summed E-state index contributed by atoms with van der Waals surface area (Å²) in [4.78, 5) is 35.9. The fourth-order valence-electron chi connectivity index (χ4n) is 1.97. The third kappa shape index (κ3) is 5.38. The lowest BCUT2D eigenvalue weighted by Crippen LogP contribution is -2.37. The number of benzene rings is 1. The monoisotopic (exact) mass is 290 g/mol. The zero-order valence-electron chi connectivity index (χ0n) is 12.8. The summed E-state index contributed by atoms with van der Waals surface area (Å²) in [7, 11) is 0. The van der Waals surface area contributed by atoms with E-state index in [0.29, 0.717) is 25.1 Å². The quantitative estimate of drug-likeness (QED) is 0.783. The van der Waals surface area contributed by atoms with Crippen molar-refractivity contribution < 1.29 is 14.4 Å². The SMILES string of the molecule is CCCC(=O)NCCN(C(C)=O)c1ccc(C(C)=O)cc1. The number of nitrogens with one attached hydrogen (secondary N) is 1. The number of rotatable bonds is 7. The van der Waals surface area contributed by atoms with Crippen LogP contribution in [0.3, 0.4) is 0 Å². The molecule has 1 aromatic rings. The normalized spacial score (nSPS) is 10.0. The number of carbonyl (C=O) groups is 3. The van der Waals surface area contributed by atoms with Crippen molar-refractivity contribution in [2.24, 2.45) is 0 Å². The van der Waals surface area contributed by atoms with E-state index in [1.807, 2.05) is 6.92 Å². The van der Waals surface area contributed by atoms with Crippen LogP contribution in [0.5, 0.6) is 0 Å². The van der Waals surface area contributed by atoms with Gasteiger partial charge in [-0.2, -0.15) is 0 Å². The molecule has 0 fully saturated rings. The number of hydrogen-bond donors (Lipinski definition) is 1. The Labute approximate surface area is 125 Å². The topological polar surface area (TPSA) is 66.5 Å². The molecule has 0 radical (unpaired) electrons. The first-order valence-electron chi connectivity index (χ1n) is 7.11. The first kappa shape index (κ1) is 16.9. The van der Waals surface area contributed by atoms with Crippen LogP contribution in [0.1, 0.15) is 44.0 Å². The molecular formula is C16H22N2O3. The molecule has 1 N–H and O–H groups in total. The first-order chi connectivity index (χ1) is 9.95. The van der Waals surface area contributed by atoms with Gasteiger partial charge < -0.3 is 10.2 Å². The highest BCUT2D eigenvalue weighted by atomic mass is 16.2. The Bertz CT molecular complexity index is 509. The molecule has 0 spiro atoms. The molecule has 1 rings (SSSR count). The summed E-state index contributed by atoms with van der Waals surface area (Å²) >= 11 is 0. The molecule has 0 aliphatic rings. The standard InChI is InChI=1S/C16H22N2O3/c1-4-5-16(21)17-10-11-18(13(3)20)15-8-6-14(7-9-15)12(2)19/h6-9H,4-5,10-11H2,1-3H3,(H,17,21). The Morgan fingerprint density at radius 1 is 1.10 bits per heavy atom. The Morgan fingerprint density at radius 3 is 2.19 bits per heavy atom. The highest BCUT2D eigenvalue weighted by molar-refractivity contribution is 5.96. The fraction of sp³-hybridized carbons (Fsp3) is 0.438. The largest absolute Gasteiger partial charge is 0.354 e. The molecule has 21 heavy (non-hydrogen) atoms. The van der Waals surface area contributed by atoms with Crippen molar-refractivity contribution in [3.8, 4) is 0 Å². The molecule has 0 unspecified atom stereocenters. The average Bonchev–Trinajstić information content (AvgIpc) is 2.43. The van der Waals surface area contributed by atoms with Crippen LogP contribution in [-0.4, -0.2) is 30.7 Å². The molecule has 0 bridgehead atoms. The van der Waals surface area contributed by atoms with Gasteiger partial charge in [-0.1, -0.05) is 6.92 Å². The molecule has 0 aliphatic heterocycles. The van der Waals surface area contributed by atoms with Gasteiger partial charge in [0.15, 0.2) is 5.78 Å². The molecule has 5 heteroatoms. The van der Waals surface area contributed by atoms with Crippen molar-refractivity contribution in [2.45, 2.75) is 33.6 Å². The minimum absolute atomic E-state index is 0.00655. The predicted molar refractivity (Wildman–Crippen MR) is 82.4 cm³/mol. The van der Waals surface area contributed by atoms with Gasteiger partial charge in [-0.15, -0.1) is 0 Å². The summed E-state index contributed by atoms with van der Waals surface area (Å²) in [6.07, 6.45) is 1.29. The molecule has 2 amide bonds. The summed E-state index contributed by atoms with van der Waals surface area (Å²) in [6, 6.07) is 6.88. The van der Waals surface area contributed by atoms with Crippen molar-refractivity contribution in [2.75, 3.05) is 18.0 Å². The number of anilines is 1. The molecule has 0 heterocycles. The van der Waals surface area contributed by atoms with Crippen LogP contribution in [0.25, 0.3) is 0 Å². The fourth-order valence-corrected chi connectivity index (χ4v) is 1.97. The van der Waals surface area contributed by atoms with Gasteiger partial charge in [-0.25, -0.2) is 0 Å². The van der Waals surface area contributed by atoms with E-state index >= 15 is 0 Å². The number of ketones is 1. The van der Waals surface area contributed by atoms with E-state index in [1.54, 1.807) is 29.2 Å². The van der Waals surface area contributed by atoms with Crippen LogP contribution >= 0.6 is 0 Å². The van der Waals surface area contributed by atoms with Crippen molar-refractivity contribution in [3.63, 3.8) is 0 Å². The highest BCUT2D eigenvalue weighted by Gasteiger charge is 2.12. The minimum Gasteiger partial charge on any atom is -0.354 e. The molecule has 0 saturated heterocycles. The molecule has 0 aromatic heterocycles. The minimum atomic E-state index is -0.102. The van der Waals surface area contributed by atoms with Gasteiger partial charge >= 0.3 is 0 Å². The Balaban J connectivity index is 2.67. The number of Topliss-reactive ketones (excluding diaryl/α,β-unsaturated/α-hetero) is 1. The summed E-state index contributed by atoms with van der Waals surface area (Å²) in [5, 5.41) is 2.78. The number of nitrogens with zero attached hydrogens (tertiary/aromatic N) is 1. The highest BCUT2D eigenvalue weighted by Crippen LogP contribution is 2.15. The van der Waals surface area contributed by atoms with E-state index in [2.05, 4.69) is 5.32 Å². The maximum atomic E-state index is 11.7. The van der Waals surface area contributed by atoms with Gasteiger partial charge in [0.1, 0.15) is 0 Å². The molecule has 5 nitrogen and oxygen atoms in total. The van der Waals surface area contributed by atoms with Crippen LogP contribution in [0.15, 0.2) is 24.3 Å². The lowest BCUT2D eigenvalue weighted by atomic mass is 10.1. The smallest absolute Gasteiger partial charge is 0.223 e. The molecule has 0 atom stereocenters.